The number of carbonyl (C=O) groups is 1. The highest BCUT2D eigenvalue weighted by atomic mass is 35.5. The van der Waals surface area contributed by atoms with E-state index in [0.717, 1.165) is 30.6 Å². The molecule has 0 saturated heterocycles. The summed E-state index contributed by atoms with van der Waals surface area (Å²) in [5, 5.41) is 3.11. The lowest BCUT2D eigenvalue weighted by atomic mass is 10.0. The smallest absolute Gasteiger partial charge is 0.223 e. The molecule has 0 radical (unpaired) electrons. The van der Waals surface area contributed by atoms with Crippen molar-refractivity contribution in [1.82, 2.24) is 5.32 Å². The number of thioether (sulfide) groups is 1. The van der Waals surface area contributed by atoms with Gasteiger partial charge in [-0.05, 0) is 49.6 Å². The molecular formula is C16H25ClN2OS. The summed E-state index contributed by atoms with van der Waals surface area (Å²) < 4.78 is 0. The number of hydrogen-bond acceptors (Lipinski definition) is 3. The molecule has 21 heavy (non-hydrogen) atoms. The molecule has 1 aromatic rings. The van der Waals surface area contributed by atoms with Gasteiger partial charge in [0.15, 0.2) is 0 Å². The van der Waals surface area contributed by atoms with Gasteiger partial charge in [0.1, 0.15) is 0 Å². The van der Waals surface area contributed by atoms with E-state index in [0.29, 0.717) is 0 Å². The average molecular weight is 329 g/mol. The molecule has 0 spiro atoms. The molecule has 1 fully saturated rings. The Morgan fingerprint density at radius 3 is 2.57 bits per heavy atom. The predicted octanol–water partition coefficient (Wildman–Crippen LogP) is 3.53. The van der Waals surface area contributed by atoms with E-state index in [-0.39, 0.29) is 36.3 Å². The maximum atomic E-state index is 12.2. The molecule has 3 atom stereocenters. The van der Waals surface area contributed by atoms with Crippen LogP contribution >= 0.6 is 24.2 Å². The lowest BCUT2D eigenvalue weighted by Crippen LogP contribution is -2.32. The van der Waals surface area contributed by atoms with Crippen molar-refractivity contribution in [2.45, 2.75) is 50.1 Å². The molecule has 0 aliphatic heterocycles. The quantitative estimate of drug-likeness (QED) is 0.813. The lowest BCUT2D eigenvalue weighted by Gasteiger charge is -2.17. The number of nitrogens with one attached hydrogen (secondary N) is 1. The van der Waals surface area contributed by atoms with Crippen LogP contribution in [0.15, 0.2) is 29.2 Å². The zero-order valence-corrected chi connectivity index (χ0v) is 14.3. The molecule has 3 unspecified atom stereocenters. The number of amides is 1. The minimum absolute atomic E-state index is 0. The lowest BCUT2D eigenvalue weighted by molar-refractivity contribution is -0.125. The Morgan fingerprint density at radius 2 is 2.05 bits per heavy atom. The van der Waals surface area contributed by atoms with Gasteiger partial charge in [0.2, 0.25) is 5.91 Å². The Hall–Kier alpha value is -0.710. The molecule has 3 N–H and O–H groups in total. The van der Waals surface area contributed by atoms with Crippen molar-refractivity contribution in [2.75, 3.05) is 5.75 Å². The molecule has 0 heterocycles. The van der Waals surface area contributed by atoms with Crippen LogP contribution < -0.4 is 11.1 Å². The first-order chi connectivity index (χ1) is 9.60. The van der Waals surface area contributed by atoms with E-state index in [4.69, 9.17) is 5.73 Å². The summed E-state index contributed by atoms with van der Waals surface area (Å²) in [6, 6.07) is 8.70. The fourth-order valence-corrected chi connectivity index (χ4v) is 3.35. The molecule has 0 aromatic heterocycles. The van der Waals surface area contributed by atoms with E-state index in [1.54, 1.807) is 0 Å². The highest BCUT2D eigenvalue weighted by molar-refractivity contribution is 7.99. The first-order valence-corrected chi connectivity index (χ1v) is 8.37. The molecule has 1 aromatic carbocycles. The van der Waals surface area contributed by atoms with Crippen molar-refractivity contribution in [2.24, 2.45) is 11.7 Å². The number of carbonyl (C=O) groups excluding carboxylic acids is 1. The maximum absolute atomic E-state index is 12.2. The molecule has 1 aliphatic rings. The topological polar surface area (TPSA) is 55.1 Å². The minimum atomic E-state index is 0. The van der Waals surface area contributed by atoms with Crippen molar-refractivity contribution in [1.29, 1.82) is 0 Å². The molecule has 1 amide bonds. The largest absolute Gasteiger partial charge is 0.349 e. The van der Waals surface area contributed by atoms with Gasteiger partial charge < -0.3 is 11.1 Å². The molecule has 1 aliphatic carbocycles. The van der Waals surface area contributed by atoms with Crippen molar-refractivity contribution in [3.05, 3.63) is 29.8 Å². The normalized spacial score (nSPS) is 22.4. The van der Waals surface area contributed by atoms with Gasteiger partial charge in [-0.2, -0.15) is 0 Å². The van der Waals surface area contributed by atoms with Crippen molar-refractivity contribution < 1.29 is 4.79 Å². The molecule has 0 bridgehead atoms. The highest BCUT2D eigenvalue weighted by Gasteiger charge is 2.28. The van der Waals surface area contributed by atoms with E-state index in [1.807, 2.05) is 18.7 Å². The zero-order valence-electron chi connectivity index (χ0n) is 12.7. The standard InChI is InChI=1S/C16H24N2OS.ClH/c1-3-20-15-8-5-12(6-9-15)11(2)18-16(19)13-4-7-14(17)10-13;/h5-6,8-9,11,13-14H,3-4,7,10,17H2,1-2H3,(H,18,19);1H. The van der Waals surface area contributed by atoms with Crippen LogP contribution in [0.4, 0.5) is 0 Å². The Labute approximate surface area is 137 Å². The first-order valence-electron chi connectivity index (χ1n) is 7.39. The fourth-order valence-electron chi connectivity index (χ4n) is 2.69. The van der Waals surface area contributed by atoms with Crippen LogP contribution in [-0.2, 0) is 4.79 Å². The molecule has 118 valence electrons. The third-order valence-electron chi connectivity index (χ3n) is 3.89. The van der Waals surface area contributed by atoms with Gasteiger partial charge in [-0.15, -0.1) is 24.2 Å². The summed E-state index contributed by atoms with van der Waals surface area (Å²) in [4.78, 5) is 13.4. The zero-order chi connectivity index (χ0) is 14.5. The van der Waals surface area contributed by atoms with Gasteiger partial charge in [-0.25, -0.2) is 0 Å². The van der Waals surface area contributed by atoms with Crippen LogP contribution in [0.5, 0.6) is 0 Å². The van der Waals surface area contributed by atoms with E-state index in [2.05, 4.69) is 36.5 Å². The number of hydrogen-bond donors (Lipinski definition) is 2. The second-order valence-electron chi connectivity index (χ2n) is 5.50. The van der Waals surface area contributed by atoms with Crippen LogP contribution in [0, 0.1) is 5.92 Å². The first kappa shape index (κ1) is 18.3. The fraction of sp³-hybridized carbons (Fsp3) is 0.562. The third kappa shape index (κ3) is 5.20. The second kappa shape index (κ2) is 8.66. The third-order valence-corrected chi connectivity index (χ3v) is 4.79. The van der Waals surface area contributed by atoms with E-state index in [9.17, 15) is 4.79 Å². The van der Waals surface area contributed by atoms with Crippen LogP contribution in [0.1, 0.15) is 44.7 Å². The Kier molecular flexibility index (Phi) is 7.57. The Balaban J connectivity index is 0.00000220. The van der Waals surface area contributed by atoms with E-state index in [1.165, 1.54) is 4.90 Å². The second-order valence-corrected chi connectivity index (χ2v) is 6.84. The summed E-state index contributed by atoms with van der Waals surface area (Å²) in [6.07, 6.45) is 2.71. The molecular weight excluding hydrogens is 304 g/mol. The summed E-state index contributed by atoms with van der Waals surface area (Å²) >= 11 is 1.83. The van der Waals surface area contributed by atoms with Gasteiger partial charge in [-0.1, -0.05) is 19.1 Å². The number of halogens is 1. The van der Waals surface area contributed by atoms with Crippen molar-refractivity contribution >= 4 is 30.1 Å². The van der Waals surface area contributed by atoms with Gasteiger partial charge in [0, 0.05) is 16.9 Å². The molecule has 5 heteroatoms. The molecule has 1 saturated carbocycles. The van der Waals surface area contributed by atoms with Crippen LogP contribution in [0.3, 0.4) is 0 Å². The SMILES string of the molecule is CCSc1ccc(C(C)NC(=O)C2CCC(N)C2)cc1.Cl. The summed E-state index contributed by atoms with van der Waals surface area (Å²) in [5.41, 5.74) is 7.02. The van der Waals surface area contributed by atoms with Crippen LogP contribution in [0.25, 0.3) is 0 Å². The predicted molar refractivity (Wildman–Crippen MR) is 92.0 cm³/mol. The van der Waals surface area contributed by atoms with E-state index < -0.39 is 0 Å². The molecule has 2 rings (SSSR count). The number of rotatable bonds is 5. The Bertz CT molecular complexity index is 452. The van der Waals surface area contributed by atoms with Crippen molar-refractivity contribution in [3.63, 3.8) is 0 Å². The average Bonchev–Trinajstić information content (AvgIpc) is 2.86. The van der Waals surface area contributed by atoms with Gasteiger partial charge >= 0.3 is 0 Å². The monoisotopic (exact) mass is 328 g/mol. The van der Waals surface area contributed by atoms with E-state index >= 15 is 0 Å². The summed E-state index contributed by atoms with van der Waals surface area (Å²) in [5.74, 6) is 1.33. The minimum Gasteiger partial charge on any atom is -0.349 e. The van der Waals surface area contributed by atoms with Gasteiger partial charge in [0.05, 0.1) is 6.04 Å². The van der Waals surface area contributed by atoms with Crippen LogP contribution in [-0.4, -0.2) is 17.7 Å². The van der Waals surface area contributed by atoms with Crippen molar-refractivity contribution in [3.8, 4) is 0 Å². The summed E-state index contributed by atoms with van der Waals surface area (Å²) in [6.45, 7) is 4.18. The van der Waals surface area contributed by atoms with Gasteiger partial charge in [-0.3, -0.25) is 4.79 Å². The van der Waals surface area contributed by atoms with Gasteiger partial charge in [0.25, 0.3) is 0 Å². The maximum Gasteiger partial charge on any atom is 0.223 e. The number of nitrogens with two attached hydrogens (primary N) is 1. The summed E-state index contributed by atoms with van der Waals surface area (Å²) in [7, 11) is 0. The highest BCUT2D eigenvalue weighted by Crippen LogP contribution is 2.26. The van der Waals surface area contributed by atoms with Crippen LogP contribution in [0.2, 0.25) is 0 Å². The molecule has 3 nitrogen and oxygen atoms in total. The Morgan fingerprint density at radius 1 is 1.38 bits per heavy atom. The number of benzene rings is 1.